The Bertz CT molecular complexity index is 303. The van der Waals surface area contributed by atoms with Gasteiger partial charge in [-0.25, -0.2) is 4.79 Å². The van der Waals surface area contributed by atoms with Crippen LogP contribution >= 0.6 is 0 Å². The fourth-order valence-electron chi connectivity index (χ4n) is 2.56. The quantitative estimate of drug-likeness (QED) is 0.666. The van der Waals surface area contributed by atoms with E-state index in [9.17, 15) is 9.59 Å². The number of esters is 2. The Morgan fingerprint density at radius 2 is 1.79 bits per heavy atom. The van der Waals surface area contributed by atoms with Crippen molar-refractivity contribution in [1.82, 2.24) is 0 Å². The molecular formula is C15H26O4. The van der Waals surface area contributed by atoms with Crippen LogP contribution in [0.4, 0.5) is 0 Å². The van der Waals surface area contributed by atoms with Crippen molar-refractivity contribution in [1.29, 1.82) is 0 Å². The number of hydrogen-bond acceptors (Lipinski definition) is 4. The van der Waals surface area contributed by atoms with E-state index in [1.165, 1.54) is 12.8 Å². The van der Waals surface area contributed by atoms with Crippen molar-refractivity contribution >= 4 is 11.9 Å². The van der Waals surface area contributed by atoms with Crippen LogP contribution in [0.25, 0.3) is 0 Å². The Balaban J connectivity index is 2.28. The molecule has 0 aromatic rings. The molecule has 0 atom stereocenters. The number of ether oxygens (including phenoxy) is 2. The van der Waals surface area contributed by atoms with E-state index in [1.54, 1.807) is 0 Å². The molecule has 0 unspecified atom stereocenters. The first-order valence-corrected chi connectivity index (χ1v) is 7.33. The van der Waals surface area contributed by atoms with E-state index in [-0.39, 0.29) is 12.6 Å². The summed E-state index contributed by atoms with van der Waals surface area (Å²) in [6.45, 7) is 5.63. The molecule has 1 rings (SSSR count). The van der Waals surface area contributed by atoms with Gasteiger partial charge in [-0.1, -0.05) is 26.2 Å². The van der Waals surface area contributed by atoms with E-state index in [4.69, 9.17) is 9.47 Å². The summed E-state index contributed by atoms with van der Waals surface area (Å²) in [7, 11) is 0. The summed E-state index contributed by atoms with van der Waals surface area (Å²) in [5, 5.41) is 0. The van der Waals surface area contributed by atoms with E-state index in [0.29, 0.717) is 12.3 Å². The van der Waals surface area contributed by atoms with Gasteiger partial charge in [0, 0.05) is 6.42 Å². The zero-order chi connectivity index (χ0) is 14.3. The highest BCUT2D eigenvalue weighted by Crippen LogP contribution is 2.36. The van der Waals surface area contributed by atoms with Crippen LogP contribution in [0, 0.1) is 5.92 Å². The van der Waals surface area contributed by atoms with Gasteiger partial charge in [0.05, 0.1) is 0 Å². The maximum Gasteiger partial charge on any atom is 0.344 e. The Hall–Kier alpha value is -1.06. The van der Waals surface area contributed by atoms with Gasteiger partial charge in [-0.15, -0.1) is 0 Å². The van der Waals surface area contributed by atoms with Crippen molar-refractivity contribution in [3.05, 3.63) is 0 Å². The van der Waals surface area contributed by atoms with Crippen LogP contribution in [-0.2, 0) is 19.1 Å². The number of hydrogen-bond donors (Lipinski definition) is 0. The molecule has 0 spiro atoms. The molecule has 1 aliphatic rings. The Labute approximate surface area is 115 Å². The lowest BCUT2D eigenvalue weighted by atomic mass is 9.89. The molecule has 0 heterocycles. The predicted molar refractivity (Wildman–Crippen MR) is 72.6 cm³/mol. The van der Waals surface area contributed by atoms with Gasteiger partial charge in [0.15, 0.2) is 6.61 Å². The fourth-order valence-corrected chi connectivity index (χ4v) is 2.56. The van der Waals surface area contributed by atoms with Gasteiger partial charge in [-0.05, 0) is 39.0 Å². The van der Waals surface area contributed by atoms with Crippen molar-refractivity contribution < 1.29 is 19.1 Å². The second kappa shape index (κ2) is 7.51. The minimum atomic E-state index is -0.455. The van der Waals surface area contributed by atoms with Gasteiger partial charge >= 0.3 is 11.9 Å². The summed E-state index contributed by atoms with van der Waals surface area (Å²) < 4.78 is 10.4. The molecule has 0 bridgehead atoms. The average molecular weight is 270 g/mol. The standard InChI is InChI=1S/C15H26O4/c1-4-5-10-13(16)18-11-14(17)19-15(2,3)12-8-6-7-9-12/h12H,4-11H2,1-3H3. The maximum absolute atomic E-state index is 11.7. The molecular weight excluding hydrogens is 244 g/mol. The lowest BCUT2D eigenvalue weighted by molar-refractivity contribution is -0.171. The Kier molecular flexibility index (Phi) is 6.32. The van der Waals surface area contributed by atoms with Crippen LogP contribution < -0.4 is 0 Å². The summed E-state index contributed by atoms with van der Waals surface area (Å²) in [6.07, 6.45) is 6.73. The van der Waals surface area contributed by atoms with Crippen molar-refractivity contribution in [3.63, 3.8) is 0 Å². The summed E-state index contributed by atoms with van der Waals surface area (Å²) >= 11 is 0. The van der Waals surface area contributed by atoms with Crippen molar-refractivity contribution in [2.45, 2.75) is 71.3 Å². The van der Waals surface area contributed by atoms with Crippen LogP contribution in [0.1, 0.15) is 65.7 Å². The first kappa shape index (κ1) is 16.0. The lowest BCUT2D eigenvalue weighted by Crippen LogP contribution is -2.36. The van der Waals surface area contributed by atoms with Crippen LogP contribution in [0.2, 0.25) is 0 Å². The smallest absolute Gasteiger partial charge is 0.344 e. The maximum atomic E-state index is 11.7. The molecule has 4 heteroatoms. The molecule has 1 saturated carbocycles. The largest absolute Gasteiger partial charge is 0.457 e. The van der Waals surface area contributed by atoms with Crippen LogP contribution in [-0.4, -0.2) is 24.1 Å². The molecule has 0 radical (unpaired) electrons. The second-order valence-electron chi connectivity index (χ2n) is 5.82. The summed E-state index contributed by atoms with van der Waals surface area (Å²) in [4.78, 5) is 23.0. The van der Waals surface area contributed by atoms with E-state index >= 15 is 0 Å². The summed E-state index contributed by atoms with van der Waals surface area (Å²) in [6, 6.07) is 0. The van der Waals surface area contributed by atoms with Gasteiger partial charge in [0.2, 0.25) is 0 Å². The topological polar surface area (TPSA) is 52.6 Å². The second-order valence-corrected chi connectivity index (χ2v) is 5.82. The third kappa shape index (κ3) is 5.62. The summed E-state index contributed by atoms with van der Waals surface area (Å²) in [5.41, 5.74) is -0.455. The third-order valence-electron chi connectivity index (χ3n) is 3.80. The lowest BCUT2D eigenvalue weighted by Gasteiger charge is -2.31. The average Bonchev–Trinajstić information content (AvgIpc) is 2.87. The summed E-state index contributed by atoms with van der Waals surface area (Å²) in [5.74, 6) is -0.341. The molecule has 0 aliphatic heterocycles. The van der Waals surface area contributed by atoms with Crippen molar-refractivity contribution in [3.8, 4) is 0 Å². The number of carbonyl (C=O) groups excluding carboxylic acids is 2. The highest BCUT2D eigenvalue weighted by molar-refractivity contribution is 5.76. The molecule has 0 aromatic heterocycles. The third-order valence-corrected chi connectivity index (χ3v) is 3.80. The number of unbranched alkanes of at least 4 members (excludes halogenated alkanes) is 1. The zero-order valence-corrected chi connectivity index (χ0v) is 12.4. The van der Waals surface area contributed by atoms with Crippen molar-refractivity contribution in [2.24, 2.45) is 5.92 Å². The van der Waals surface area contributed by atoms with Gasteiger partial charge in [-0.3, -0.25) is 4.79 Å². The molecule has 110 valence electrons. The molecule has 0 N–H and O–H groups in total. The molecule has 19 heavy (non-hydrogen) atoms. The Morgan fingerprint density at radius 1 is 1.16 bits per heavy atom. The molecule has 1 aliphatic carbocycles. The van der Waals surface area contributed by atoms with Crippen LogP contribution in [0.5, 0.6) is 0 Å². The zero-order valence-electron chi connectivity index (χ0n) is 12.4. The van der Waals surface area contributed by atoms with E-state index in [0.717, 1.165) is 25.7 Å². The fraction of sp³-hybridized carbons (Fsp3) is 0.867. The molecule has 0 saturated heterocycles. The SMILES string of the molecule is CCCCC(=O)OCC(=O)OC(C)(C)C1CCCC1. The van der Waals surface area contributed by atoms with Crippen molar-refractivity contribution in [2.75, 3.05) is 6.61 Å². The predicted octanol–water partition coefficient (Wildman–Crippen LogP) is 3.23. The molecule has 4 nitrogen and oxygen atoms in total. The first-order chi connectivity index (χ1) is 8.95. The highest BCUT2D eigenvalue weighted by atomic mass is 16.6. The van der Waals surface area contributed by atoms with Gasteiger partial charge in [0.1, 0.15) is 5.60 Å². The molecule has 1 fully saturated rings. The monoisotopic (exact) mass is 270 g/mol. The van der Waals surface area contributed by atoms with Gasteiger partial charge in [0.25, 0.3) is 0 Å². The molecule has 0 amide bonds. The minimum Gasteiger partial charge on any atom is -0.457 e. The normalized spacial score (nSPS) is 16.4. The van der Waals surface area contributed by atoms with Gasteiger partial charge < -0.3 is 9.47 Å². The highest BCUT2D eigenvalue weighted by Gasteiger charge is 2.35. The Morgan fingerprint density at radius 3 is 2.37 bits per heavy atom. The van der Waals surface area contributed by atoms with E-state index in [1.807, 2.05) is 20.8 Å². The van der Waals surface area contributed by atoms with Gasteiger partial charge in [-0.2, -0.15) is 0 Å². The first-order valence-electron chi connectivity index (χ1n) is 7.33. The minimum absolute atomic E-state index is 0.265. The molecule has 0 aromatic carbocycles. The number of rotatable bonds is 7. The van der Waals surface area contributed by atoms with Crippen LogP contribution in [0.3, 0.4) is 0 Å². The number of carbonyl (C=O) groups is 2. The van der Waals surface area contributed by atoms with E-state index in [2.05, 4.69) is 0 Å². The van der Waals surface area contributed by atoms with E-state index < -0.39 is 11.6 Å². The van der Waals surface area contributed by atoms with Crippen LogP contribution in [0.15, 0.2) is 0 Å².